The van der Waals surface area contributed by atoms with Crippen molar-refractivity contribution in [2.24, 2.45) is 0 Å². The third-order valence-electron chi connectivity index (χ3n) is 3.60. The Morgan fingerprint density at radius 3 is 2.69 bits per heavy atom. The maximum Gasteiger partial charge on any atom is 0.235 e. The van der Waals surface area contributed by atoms with Crippen molar-refractivity contribution in [3.8, 4) is 11.4 Å². The molecular formula is C19H18FN3O2S. The Kier molecular flexibility index (Phi) is 5.58. The first kappa shape index (κ1) is 18.0. The molecule has 1 heterocycles. The van der Waals surface area contributed by atoms with E-state index in [-0.39, 0.29) is 17.5 Å². The number of ether oxygens (including phenoxy) is 1. The highest BCUT2D eigenvalue weighted by molar-refractivity contribution is 8.00. The fourth-order valence-corrected chi connectivity index (χ4v) is 3.26. The van der Waals surface area contributed by atoms with Crippen LogP contribution in [0.1, 0.15) is 5.69 Å². The lowest BCUT2D eigenvalue weighted by molar-refractivity contribution is -0.113. The molecule has 2 aromatic carbocycles. The van der Waals surface area contributed by atoms with Crippen molar-refractivity contribution in [1.82, 2.24) is 9.78 Å². The molecule has 0 fully saturated rings. The van der Waals surface area contributed by atoms with Gasteiger partial charge >= 0.3 is 0 Å². The molecule has 3 aromatic rings. The fourth-order valence-electron chi connectivity index (χ4n) is 2.43. The Bertz CT molecular complexity index is 909. The number of benzene rings is 2. The van der Waals surface area contributed by atoms with Crippen LogP contribution >= 0.6 is 11.8 Å². The molecule has 0 saturated heterocycles. The number of anilines is 1. The Hall–Kier alpha value is -2.80. The molecule has 0 radical (unpaired) electrons. The maximum atomic E-state index is 13.1. The molecule has 1 N–H and O–H groups in total. The van der Waals surface area contributed by atoms with Crippen molar-refractivity contribution in [2.75, 3.05) is 18.2 Å². The molecule has 0 saturated carbocycles. The summed E-state index contributed by atoms with van der Waals surface area (Å²) in [7, 11) is 1.60. The van der Waals surface area contributed by atoms with Gasteiger partial charge in [-0.1, -0.05) is 12.1 Å². The van der Waals surface area contributed by atoms with E-state index in [2.05, 4.69) is 10.4 Å². The molecule has 26 heavy (non-hydrogen) atoms. The van der Waals surface area contributed by atoms with E-state index >= 15 is 0 Å². The highest BCUT2D eigenvalue weighted by Crippen LogP contribution is 2.28. The molecule has 0 aliphatic rings. The number of methoxy groups -OCH3 is 1. The van der Waals surface area contributed by atoms with Crippen molar-refractivity contribution < 1.29 is 13.9 Å². The second-order valence-electron chi connectivity index (χ2n) is 5.55. The number of rotatable bonds is 6. The Morgan fingerprint density at radius 2 is 1.96 bits per heavy atom. The van der Waals surface area contributed by atoms with Gasteiger partial charge in [-0.25, -0.2) is 9.07 Å². The minimum absolute atomic E-state index is 0.163. The molecule has 0 bridgehead atoms. The third kappa shape index (κ3) is 4.23. The molecule has 0 atom stereocenters. The normalized spacial score (nSPS) is 10.6. The molecule has 1 aromatic heterocycles. The average Bonchev–Trinajstić information content (AvgIpc) is 3.01. The molecule has 7 heteroatoms. The van der Waals surface area contributed by atoms with Gasteiger partial charge in [0.25, 0.3) is 0 Å². The summed E-state index contributed by atoms with van der Waals surface area (Å²) in [6, 6.07) is 15.3. The van der Waals surface area contributed by atoms with Gasteiger partial charge in [0.1, 0.15) is 17.4 Å². The van der Waals surface area contributed by atoms with Crippen LogP contribution in [0.3, 0.4) is 0 Å². The van der Waals surface area contributed by atoms with Crippen LogP contribution in [0.15, 0.2) is 59.5 Å². The summed E-state index contributed by atoms with van der Waals surface area (Å²) in [5, 5.41) is 7.22. The van der Waals surface area contributed by atoms with E-state index < -0.39 is 0 Å². The predicted molar refractivity (Wildman–Crippen MR) is 101 cm³/mol. The standard InChI is InChI=1S/C19H18FN3O2S/c1-13-11-18(23(22-13)15-9-7-14(20)8-10-15)21-19(24)12-26-17-6-4-3-5-16(17)25-2/h3-11H,12H2,1-2H3,(H,21,24). The third-order valence-corrected chi connectivity index (χ3v) is 4.65. The summed E-state index contributed by atoms with van der Waals surface area (Å²) in [6.07, 6.45) is 0. The van der Waals surface area contributed by atoms with Gasteiger partial charge in [0, 0.05) is 11.0 Å². The number of aromatic nitrogens is 2. The molecule has 1 amide bonds. The number of carbonyl (C=O) groups excluding carboxylic acids is 1. The quantitative estimate of drug-likeness (QED) is 0.664. The molecule has 0 aliphatic carbocycles. The molecule has 0 unspecified atom stereocenters. The number of nitrogens with zero attached hydrogens (tertiary/aromatic N) is 2. The Balaban J connectivity index is 1.71. The van der Waals surface area contributed by atoms with Crippen LogP contribution in [0.25, 0.3) is 5.69 Å². The monoisotopic (exact) mass is 371 g/mol. The molecule has 3 rings (SSSR count). The van der Waals surface area contributed by atoms with Gasteiger partial charge in [-0.15, -0.1) is 11.8 Å². The van der Waals surface area contributed by atoms with E-state index in [1.807, 2.05) is 31.2 Å². The van der Waals surface area contributed by atoms with E-state index in [9.17, 15) is 9.18 Å². The maximum absolute atomic E-state index is 13.1. The lowest BCUT2D eigenvalue weighted by Gasteiger charge is -2.10. The van der Waals surface area contributed by atoms with Gasteiger partial charge in [-0.2, -0.15) is 5.10 Å². The summed E-state index contributed by atoms with van der Waals surface area (Å²) < 4.78 is 20.0. The van der Waals surface area contributed by atoms with Crippen molar-refractivity contribution in [2.45, 2.75) is 11.8 Å². The second-order valence-corrected chi connectivity index (χ2v) is 6.56. The van der Waals surface area contributed by atoms with Crippen LogP contribution in [0, 0.1) is 12.7 Å². The van der Waals surface area contributed by atoms with Gasteiger partial charge in [0.2, 0.25) is 5.91 Å². The first-order valence-electron chi connectivity index (χ1n) is 7.95. The van der Waals surface area contributed by atoms with E-state index in [4.69, 9.17) is 4.74 Å². The number of hydrogen-bond acceptors (Lipinski definition) is 4. The number of aryl methyl sites for hydroxylation is 1. The number of halogens is 1. The molecule has 134 valence electrons. The predicted octanol–water partition coefficient (Wildman–Crippen LogP) is 4.06. The van der Waals surface area contributed by atoms with Gasteiger partial charge in [-0.3, -0.25) is 4.79 Å². The number of carbonyl (C=O) groups is 1. The van der Waals surface area contributed by atoms with E-state index in [0.717, 1.165) is 16.3 Å². The Morgan fingerprint density at radius 1 is 1.23 bits per heavy atom. The van der Waals surface area contributed by atoms with Gasteiger partial charge in [-0.05, 0) is 43.3 Å². The van der Waals surface area contributed by atoms with Crippen molar-refractivity contribution in [3.05, 3.63) is 66.1 Å². The highest BCUT2D eigenvalue weighted by Gasteiger charge is 2.12. The SMILES string of the molecule is COc1ccccc1SCC(=O)Nc1cc(C)nn1-c1ccc(F)cc1. The van der Waals surface area contributed by atoms with Crippen molar-refractivity contribution in [3.63, 3.8) is 0 Å². The minimum Gasteiger partial charge on any atom is -0.496 e. The number of hydrogen-bond donors (Lipinski definition) is 1. The van der Waals surface area contributed by atoms with Crippen LogP contribution in [-0.4, -0.2) is 28.6 Å². The second kappa shape index (κ2) is 8.05. The molecule has 5 nitrogen and oxygen atoms in total. The summed E-state index contributed by atoms with van der Waals surface area (Å²) >= 11 is 1.39. The lowest BCUT2D eigenvalue weighted by atomic mass is 10.3. The van der Waals surface area contributed by atoms with E-state index in [1.54, 1.807) is 30.0 Å². The van der Waals surface area contributed by atoms with Crippen LogP contribution in [0.5, 0.6) is 5.75 Å². The zero-order valence-corrected chi connectivity index (χ0v) is 15.2. The molecular weight excluding hydrogens is 353 g/mol. The van der Waals surface area contributed by atoms with Crippen LogP contribution < -0.4 is 10.1 Å². The van der Waals surface area contributed by atoms with Gasteiger partial charge in [0.15, 0.2) is 0 Å². The zero-order valence-electron chi connectivity index (χ0n) is 14.4. The summed E-state index contributed by atoms with van der Waals surface area (Å²) in [5.41, 5.74) is 1.43. The van der Waals surface area contributed by atoms with Crippen molar-refractivity contribution >= 4 is 23.5 Å². The van der Waals surface area contributed by atoms with E-state index in [1.165, 1.54) is 23.9 Å². The lowest BCUT2D eigenvalue weighted by Crippen LogP contribution is -2.17. The molecule has 0 aliphatic heterocycles. The number of thioether (sulfide) groups is 1. The first-order chi connectivity index (χ1) is 12.6. The Labute approximate surface area is 155 Å². The van der Waals surface area contributed by atoms with Gasteiger partial charge < -0.3 is 10.1 Å². The largest absolute Gasteiger partial charge is 0.496 e. The number of amides is 1. The minimum atomic E-state index is -0.323. The fraction of sp³-hybridized carbons (Fsp3) is 0.158. The average molecular weight is 371 g/mol. The topological polar surface area (TPSA) is 56.1 Å². The summed E-state index contributed by atoms with van der Waals surface area (Å²) in [6.45, 7) is 1.83. The van der Waals surface area contributed by atoms with Gasteiger partial charge in [0.05, 0.1) is 24.2 Å². The molecule has 0 spiro atoms. The smallest absolute Gasteiger partial charge is 0.235 e. The van der Waals surface area contributed by atoms with Crippen molar-refractivity contribution in [1.29, 1.82) is 0 Å². The zero-order chi connectivity index (χ0) is 18.5. The van der Waals surface area contributed by atoms with Crippen LogP contribution in [-0.2, 0) is 4.79 Å². The van der Waals surface area contributed by atoms with Crippen LogP contribution in [0.2, 0.25) is 0 Å². The first-order valence-corrected chi connectivity index (χ1v) is 8.93. The number of para-hydroxylation sites is 1. The van der Waals surface area contributed by atoms with E-state index in [0.29, 0.717) is 11.5 Å². The highest BCUT2D eigenvalue weighted by atomic mass is 32.2. The van der Waals surface area contributed by atoms with Crippen LogP contribution in [0.4, 0.5) is 10.2 Å². The summed E-state index contributed by atoms with van der Waals surface area (Å²) in [4.78, 5) is 13.3. The number of nitrogens with one attached hydrogen (secondary N) is 1. The summed E-state index contributed by atoms with van der Waals surface area (Å²) in [5.74, 6) is 1.02.